The van der Waals surface area contributed by atoms with Crippen LogP contribution in [0.25, 0.3) is 0 Å². The van der Waals surface area contributed by atoms with Gasteiger partial charge in [-0.25, -0.2) is 0 Å². The van der Waals surface area contributed by atoms with Crippen LogP contribution in [0.5, 0.6) is 5.75 Å². The van der Waals surface area contributed by atoms with E-state index >= 15 is 0 Å². The summed E-state index contributed by atoms with van der Waals surface area (Å²) < 4.78 is 5.43. The van der Waals surface area contributed by atoms with Crippen LogP contribution in [0.3, 0.4) is 0 Å². The van der Waals surface area contributed by atoms with E-state index in [1.807, 2.05) is 32.0 Å². The lowest BCUT2D eigenvalue weighted by molar-refractivity contribution is -0.118. The molecular weight excluding hydrogens is 469 g/mol. The molecule has 0 spiro atoms. The number of aryl methyl sites for hydroxylation is 1. The molecular formula is C23H19Cl2N3O3S. The third-order valence-corrected chi connectivity index (χ3v) is 6.56. The molecule has 164 valence electrons. The lowest BCUT2D eigenvalue weighted by Crippen LogP contribution is -2.20. The smallest absolute Gasteiger partial charge is 0.266 e. The quantitative estimate of drug-likeness (QED) is 0.437. The second-order valence-electron chi connectivity index (χ2n) is 6.99. The van der Waals surface area contributed by atoms with E-state index in [0.717, 1.165) is 22.5 Å². The van der Waals surface area contributed by atoms with Crippen molar-refractivity contribution in [3.63, 3.8) is 0 Å². The van der Waals surface area contributed by atoms with Crippen molar-refractivity contribution in [1.82, 2.24) is 0 Å². The lowest BCUT2D eigenvalue weighted by Gasteiger charge is -2.10. The lowest BCUT2D eigenvalue weighted by atomic mass is 10.1. The van der Waals surface area contributed by atoms with E-state index in [1.165, 1.54) is 6.07 Å². The van der Waals surface area contributed by atoms with Crippen molar-refractivity contribution in [1.29, 1.82) is 5.26 Å². The van der Waals surface area contributed by atoms with Gasteiger partial charge in [-0.1, -0.05) is 35.3 Å². The highest BCUT2D eigenvalue weighted by atomic mass is 35.5. The van der Waals surface area contributed by atoms with Crippen molar-refractivity contribution < 1.29 is 14.3 Å². The summed E-state index contributed by atoms with van der Waals surface area (Å²) in [7, 11) is 0. The zero-order chi connectivity index (χ0) is 23.4. The minimum Gasteiger partial charge on any atom is -0.482 e. The molecule has 0 unspecified atom stereocenters. The minimum absolute atomic E-state index is 0.235. The highest BCUT2D eigenvalue weighted by molar-refractivity contribution is 7.18. The highest BCUT2D eigenvalue weighted by Gasteiger charge is 2.22. The number of hydrogen-bond acceptors (Lipinski definition) is 5. The van der Waals surface area contributed by atoms with Crippen molar-refractivity contribution in [2.45, 2.75) is 20.8 Å². The zero-order valence-corrected chi connectivity index (χ0v) is 19.8. The van der Waals surface area contributed by atoms with Gasteiger partial charge in [-0.2, -0.15) is 5.26 Å². The zero-order valence-electron chi connectivity index (χ0n) is 17.5. The molecule has 2 amide bonds. The first-order chi connectivity index (χ1) is 15.2. The standard InChI is InChI=1S/C23H19Cl2N3O3S/c1-12-5-4-6-18(13(12)2)27-22(30)21-14(3)16(10-26)23(32-21)28-20(29)11-31-19-8-7-15(24)9-17(19)25/h4-9H,11H2,1-3H3,(H,27,30)(H,28,29). The van der Waals surface area contributed by atoms with Crippen LogP contribution in [0.15, 0.2) is 36.4 Å². The second-order valence-corrected chi connectivity index (χ2v) is 8.85. The monoisotopic (exact) mass is 487 g/mol. The Morgan fingerprint density at radius 3 is 2.53 bits per heavy atom. The van der Waals surface area contributed by atoms with Gasteiger partial charge in [0.2, 0.25) is 0 Å². The first kappa shape index (κ1) is 23.6. The van der Waals surface area contributed by atoms with Crippen LogP contribution in [0, 0.1) is 32.1 Å². The molecule has 0 aliphatic heterocycles. The van der Waals surface area contributed by atoms with Crippen molar-refractivity contribution in [2.75, 3.05) is 17.2 Å². The molecule has 2 N–H and O–H groups in total. The van der Waals surface area contributed by atoms with Crippen LogP contribution < -0.4 is 15.4 Å². The molecule has 0 aliphatic rings. The van der Waals surface area contributed by atoms with E-state index in [1.54, 1.807) is 19.1 Å². The van der Waals surface area contributed by atoms with Gasteiger partial charge in [-0.3, -0.25) is 9.59 Å². The average molecular weight is 488 g/mol. The van der Waals surface area contributed by atoms with Gasteiger partial charge in [-0.05, 0) is 61.7 Å². The van der Waals surface area contributed by atoms with Gasteiger partial charge in [0.15, 0.2) is 6.61 Å². The number of amides is 2. The Bertz CT molecular complexity index is 1250. The molecule has 0 saturated heterocycles. The molecule has 0 fully saturated rings. The normalized spacial score (nSPS) is 10.4. The Balaban J connectivity index is 1.74. The predicted octanol–water partition coefficient (Wildman–Crippen LogP) is 6.12. The van der Waals surface area contributed by atoms with Crippen LogP contribution in [-0.4, -0.2) is 18.4 Å². The average Bonchev–Trinajstić information content (AvgIpc) is 3.05. The summed E-state index contributed by atoms with van der Waals surface area (Å²) >= 11 is 12.9. The summed E-state index contributed by atoms with van der Waals surface area (Å²) in [5.41, 5.74) is 3.44. The molecule has 1 heterocycles. The number of nitrogens with zero attached hydrogens (tertiary/aromatic N) is 1. The van der Waals surface area contributed by atoms with Gasteiger partial charge in [0.25, 0.3) is 11.8 Å². The molecule has 0 radical (unpaired) electrons. The summed E-state index contributed by atoms with van der Waals surface area (Å²) in [5.74, 6) is -0.527. The molecule has 3 rings (SSSR count). The van der Waals surface area contributed by atoms with E-state index in [9.17, 15) is 14.9 Å². The van der Waals surface area contributed by atoms with E-state index in [-0.39, 0.29) is 28.1 Å². The number of benzene rings is 2. The summed E-state index contributed by atoms with van der Waals surface area (Å²) in [6, 6.07) is 12.4. The molecule has 0 aliphatic carbocycles. The molecule has 3 aromatic rings. The number of thiophene rings is 1. The number of nitriles is 1. The van der Waals surface area contributed by atoms with Crippen molar-refractivity contribution in [3.05, 3.63) is 73.6 Å². The Kier molecular flexibility index (Phi) is 7.41. The summed E-state index contributed by atoms with van der Waals surface area (Å²) in [6.07, 6.45) is 0. The highest BCUT2D eigenvalue weighted by Crippen LogP contribution is 2.33. The Hall–Kier alpha value is -3.05. The number of halogens is 2. The number of rotatable bonds is 6. The van der Waals surface area contributed by atoms with Crippen molar-refractivity contribution in [3.8, 4) is 11.8 Å². The third kappa shape index (κ3) is 5.22. The third-order valence-electron chi connectivity index (χ3n) is 4.82. The van der Waals surface area contributed by atoms with Gasteiger partial charge in [-0.15, -0.1) is 11.3 Å². The number of nitrogens with one attached hydrogen (secondary N) is 2. The Morgan fingerprint density at radius 2 is 1.84 bits per heavy atom. The largest absolute Gasteiger partial charge is 0.482 e. The first-order valence-electron chi connectivity index (χ1n) is 9.50. The van der Waals surface area contributed by atoms with Crippen LogP contribution in [-0.2, 0) is 4.79 Å². The van der Waals surface area contributed by atoms with E-state index in [4.69, 9.17) is 27.9 Å². The number of anilines is 2. The maximum Gasteiger partial charge on any atom is 0.266 e. The second kappa shape index (κ2) is 10.0. The maximum absolute atomic E-state index is 12.9. The minimum atomic E-state index is -0.491. The number of carbonyl (C=O) groups is 2. The van der Waals surface area contributed by atoms with Crippen LogP contribution in [0.4, 0.5) is 10.7 Å². The number of ether oxygens (including phenoxy) is 1. The molecule has 0 atom stereocenters. The fourth-order valence-electron chi connectivity index (χ4n) is 2.92. The first-order valence-corrected chi connectivity index (χ1v) is 11.1. The van der Waals surface area contributed by atoms with Gasteiger partial charge in [0.1, 0.15) is 16.8 Å². The molecule has 32 heavy (non-hydrogen) atoms. The van der Waals surface area contributed by atoms with E-state index < -0.39 is 5.91 Å². The van der Waals surface area contributed by atoms with Crippen LogP contribution in [0.1, 0.15) is 31.9 Å². The van der Waals surface area contributed by atoms with Gasteiger partial charge >= 0.3 is 0 Å². The molecule has 2 aromatic carbocycles. The summed E-state index contributed by atoms with van der Waals surface area (Å²) in [5, 5.41) is 16.1. The SMILES string of the molecule is Cc1cccc(NC(=O)c2sc(NC(=O)COc3ccc(Cl)cc3Cl)c(C#N)c2C)c1C. The van der Waals surface area contributed by atoms with E-state index in [0.29, 0.717) is 26.9 Å². The molecule has 1 aromatic heterocycles. The molecule has 0 bridgehead atoms. The van der Waals surface area contributed by atoms with E-state index in [2.05, 4.69) is 16.7 Å². The van der Waals surface area contributed by atoms with Gasteiger partial charge < -0.3 is 15.4 Å². The van der Waals surface area contributed by atoms with Gasteiger partial charge in [0.05, 0.1) is 15.5 Å². The van der Waals surface area contributed by atoms with Crippen molar-refractivity contribution in [2.24, 2.45) is 0 Å². The maximum atomic E-state index is 12.9. The fourth-order valence-corrected chi connectivity index (χ4v) is 4.45. The number of hydrogen-bond donors (Lipinski definition) is 2. The van der Waals surface area contributed by atoms with Crippen LogP contribution >= 0.6 is 34.5 Å². The van der Waals surface area contributed by atoms with Crippen molar-refractivity contribution >= 4 is 57.0 Å². The summed E-state index contributed by atoms with van der Waals surface area (Å²) in [4.78, 5) is 25.6. The predicted molar refractivity (Wildman–Crippen MR) is 128 cm³/mol. The Morgan fingerprint density at radius 1 is 1.09 bits per heavy atom. The molecule has 6 nitrogen and oxygen atoms in total. The van der Waals surface area contributed by atoms with Crippen LogP contribution in [0.2, 0.25) is 10.0 Å². The molecule has 0 saturated carbocycles. The van der Waals surface area contributed by atoms with Gasteiger partial charge in [0, 0.05) is 10.7 Å². The topological polar surface area (TPSA) is 91.2 Å². The summed E-state index contributed by atoms with van der Waals surface area (Å²) in [6.45, 7) is 5.23. The Labute approximate surface area is 199 Å². The number of carbonyl (C=O) groups excluding carboxylic acids is 2. The fraction of sp³-hybridized carbons (Fsp3) is 0.174. The molecule has 9 heteroatoms.